The van der Waals surface area contributed by atoms with Crippen molar-refractivity contribution < 1.29 is 4.52 Å². The molecule has 1 fully saturated rings. The van der Waals surface area contributed by atoms with E-state index in [1.54, 1.807) is 0 Å². The summed E-state index contributed by atoms with van der Waals surface area (Å²) in [5.41, 5.74) is 0.954. The Morgan fingerprint density at radius 2 is 2.00 bits per heavy atom. The number of piperidine rings is 1. The number of likely N-dealkylation sites (tertiary alicyclic amines) is 1. The molecule has 0 unspecified atom stereocenters. The van der Waals surface area contributed by atoms with Crippen LogP contribution >= 0.6 is 0 Å². The Morgan fingerprint density at radius 1 is 1.24 bits per heavy atom. The molecule has 0 aliphatic carbocycles. The SMILES string of the molecule is CCCN1CCC(Nc2noc(-c3ccccc3)n2)CC1. The Kier molecular flexibility index (Phi) is 4.50. The van der Waals surface area contributed by atoms with E-state index in [2.05, 4.69) is 27.3 Å². The summed E-state index contributed by atoms with van der Waals surface area (Å²) in [5.74, 6) is 1.17. The summed E-state index contributed by atoms with van der Waals surface area (Å²) in [6.45, 7) is 5.73. The molecule has 1 N–H and O–H groups in total. The first-order valence-corrected chi connectivity index (χ1v) is 7.73. The predicted molar refractivity (Wildman–Crippen MR) is 83.1 cm³/mol. The van der Waals surface area contributed by atoms with Crippen molar-refractivity contribution in [3.63, 3.8) is 0 Å². The molecule has 0 bridgehead atoms. The van der Waals surface area contributed by atoms with Gasteiger partial charge in [-0.25, -0.2) is 0 Å². The summed E-state index contributed by atoms with van der Waals surface area (Å²) >= 11 is 0. The molecule has 2 aromatic rings. The number of nitrogens with one attached hydrogen (secondary N) is 1. The highest BCUT2D eigenvalue weighted by Crippen LogP contribution is 2.20. The third kappa shape index (κ3) is 3.61. The third-order valence-corrected chi connectivity index (χ3v) is 3.91. The van der Waals surface area contributed by atoms with Gasteiger partial charge in [0.05, 0.1) is 0 Å². The van der Waals surface area contributed by atoms with E-state index in [1.807, 2.05) is 30.3 Å². The second-order valence-electron chi connectivity index (χ2n) is 5.55. The molecule has 0 spiro atoms. The van der Waals surface area contributed by atoms with E-state index in [4.69, 9.17) is 4.52 Å². The lowest BCUT2D eigenvalue weighted by Crippen LogP contribution is -2.39. The van der Waals surface area contributed by atoms with Crippen molar-refractivity contribution in [3.8, 4) is 11.5 Å². The van der Waals surface area contributed by atoms with Crippen molar-refractivity contribution >= 4 is 5.95 Å². The van der Waals surface area contributed by atoms with Crippen LogP contribution in [0.5, 0.6) is 0 Å². The van der Waals surface area contributed by atoms with Crippen LogP contribution in [0.15, 0.2) is 34.9 Å². The quantitative estimate of drug-likeness (QED) is 0.915. The maximum absolute atomic E-state index is 5.32. The first-order chi connectivity index (χ1) is 10.3. The van der Waals surface area contributed by atoms with Gasteiger partial charge in [0.25, 0.3) is 11.8 Å². The number of hydrogen-bond acceptors (Lipinski definition) is 5. The van der Waals surface area contributed by atoms with E-state index >= 15 is 0 Å². The molecule has 1 aliphatic heterocycles. The Labute approximate surface area is 125 Å². The fraction of sp³-hybridized carbons (Fsp3) is 0.500. The maximum Gasteiger partial charge on any atom is 0.263 e. The first-order valence-electron chi connectivity index (χ1n) is 7.73. The molecule has 1 saturated heterocycles. The summed E-state index contributed by atoms with van der Waals surface area (Å²) < 4.78 is 5.32. The molecule has 5 nitrogen and oxygen atoms in total. The van der Waals surface area contributed by atoms with E-state index < -0.39 is 0 Å². The lowest BCUT2D eigenvalue weighted by Gasteiger charge is -2.31. The van der Waals surface area contributed by atoms with Gasteiger partial charge in [-0.2, -0.15) is 4.98 Å². The maximum atomic E-state index is 5.32. The van der Waals surface area contributed by atoms with Gasteiger partial charge in [-0.1, -0.05) is 25.1 Å². The minimum atomic E-state index is 0.444. The number of rotatable bonds is 5. The van der Waals surface area contributed by atoms with E-state index in [0.717, 1.165) is 31.5 Å². The number of nitrogens with zero attached hydrogens (tertiary/aromatic N) is 3. The monoisotopic (exact) mass is 286 g/mol. The van der Waals surface area contributed by atoms with Crippen LogP contribution in [-0.2, 0) is 0 Å². The van der Waals surface area contributed by atoms with Gasteiger partial charge in [0.1, 0.15) is 0 Å². The molecule has 0 amide bonds. The molecule has 0 saturated carbocycles. The van der Waals surface area contributed by atoms with Crippen LogP contribution in [-0.4, -0.2) is 40.7 Å². The molecule has 1 aromatic carbocycles. The first kappa shape index (κ1) is 14.1. The zero-order valence-corrected chi connectivity index (χ0v) is 12.5. The molecule has 112 valence electrons. The largest absolute Gasteiger partial charge is 0.349 e. The number of benzene rings is 1. The molecule has 1 aliphatic rings. The standard InChI is InChI=1S/C16H22N4O/c1-2-10-20-11-8-14(9-12-20)17-16-18-15(21-19-16)13-6-4-3-5-7-13/h3-7,14H,2,8-12H2,1H3,(H,17,19). The molecular weight excluding hydrogens is 264 g/mol. The second-order valence-corrected chi connectivity index (χ2v) is 5.55. The van der Waals surface area contributed by atoms with Crippen molar-refractivity contribution in [1.82, 2.24) is 15.0 Å². The minimum absolute atomic E-state index is 0.444. The van der Waals surface area contributed by atoms with Crippen LogP contribution < -0.4 is 5.32 Å². The van der Waals surface area contributed by atoms with Crippen LogP contribution in [0.1, 0.15) is 26.2 Å². The lowest BCUT2D eigenvalue weighted by molar-refractivity contribution is 0.219. The zero-order valence-electron chi connectivity index (χ0n) is 12.5. The van der Waals surface area contributed by atoms with Crippen molar-refractivity contribution in [2.45, 2.75) is 32.2 Å². The van der Waals surface area contributed by atoms with Crippen LogP contribution in [0.2, 0.25) is 0 Å². The highest BCUT2D eigenvalue weighted by molar-refractivity contribution is 5.53. The van der Waals surface area contributed by atoms with Gasteiger partial charge in [0.15, 0.2) is 0 Å². The number of anilines is 1. The molecule has 2 heterocycles. The summed E-state index contributed by atoms with van der Waals surface area (Å²) in [7, 11) is 0. The zero-order chi connectivity index (χ0) is 14.5. The van der Waals surface area contributed by atoms with Gasteiger partial charge in [0.2, 0.25) is 0 Å². The molecule has 21 heavy (non-hydrogen) atoms. The van der Waals surface area contributed by atoms with Crippen LogP contribution in [0.25, 0.3) is 11.5 Å². The molecule has 5 heteroatoms. The Bertz CT molecular complexity index is 546. The summed E-state index contributed by atoms with van der Waals surface area (Å²) in [5, 5.41) is 7.42. The second kappa shape index (κ2) is 6.72. The lowest BCUT2D eigenvalue weighted by atomic mass is 10.1. The van der Waals surface area contributed by atoms with Crippen LogP contribution in [0, 0.1) is 0 Å². The van der Waals surface area contributed by atoms with Crippen molar-refractivity contribution in [2.24, 2.45) is 0 Å². The highest BCUT2D eigenvalue weighted by atomic mass is 16.5. The Balaban J connectivity index is 1.56. The fourth-order valence-electron chi connectivity index (χ4n) is 2.78. The molecule has 0 radical (unpaired) electrons. The minimum Gasteiger partial charge on any atom is -0.349 e. The van der Waals surface area contributed by atoms with E-state index in [9.17, 15) is 0 Å². The Hall–Kier alpha value is -1.88. The molecular formula is C16H22N4O. The normalized spacial score (nSPS) is 17.0. The average molecular weight is 286 g/mol. The van der Waals surface area contributed by atoms with Gasteiger partial charge in [0, 0.05) is 24.7 Å². The van der Waals surface area contributed by atoms with Gasteiger partial charge in [-0.3, -0.25) is 0 Å². The fourth-order valence-corrected chi connectivity index (χ4v) is 2.78. The average Bonchev–Trinajstić information content (AvgIpc) is 2.99. The number of aromatic nitrogens is 2. The van der Waals surface area contributed by atoms with Crippen molar-refractivity contribution in [3.05, 3.63) is 30.3 Å². The molecule has 0 atom stereocenters. The molecule has 3 rings (SSSR count). The predicted octanol–water partition coefficient (Wildman–Crippen LogP) is 3.02. The van der Waals surface area contributed by atoms with E-state index in [0.29, 0.717) is 17.9 Å². The third-order valence-electron chi connectivity index (χ3n) is 3.91. The van der Waals surface area contributed by atoms with Gasteiger partial charge >= 0.3 is 0 Å². The van der Waals surface area contributed by atoms with Gasteiger partial charge < -0.3 is 14.7 Å². The van der Waals surface area contributed by atoms with Crippen LogP contribution in [0.4, 0.5) is 5.95 Å². The summed E-state index contributed by atoms with van der Waals surface area (Å²) in [6.07, 6.45) is 3.49. The Morgan fingerprint density at radius 3 is 2.71 bits per heavy atom. The number of hydrogen-bond donors (Lipinski definition) is 1. The highest BCUT2D eigenvalue weighted by Gasteiger charge is 2.20. The topological polar surface area (TPSA) is 54.2 Å². The molecule has 1 aromatic heterocycles. The van der Waals surface area contributed by atoms with E-state index in [1.165, 1.54) is 13.0 Å². The van der Waals surface area contributed by atoms with Gasteiger partial charge in [-0.15, -0.1) is 0 Å². The van der Waals surface area contributed by atoms with Gasteiger partial charge in [-0.05, 0) is 43.1 Å². The smallest absolute Gasteiger partial charge is 0.263 e. The van der Waals surface area contributed by atoms with Crippen LogP contribution in [0.3, 0.4) is 0 Å². The summed E-state index contributed by atoms with van der Waals surface area (Å²) in [6, 6.07) is 10.3. The van der Waals surface area contributed by atoms with Crippen molar-refractivity contribution in [2.75, 3.05) is 25.0 Å². The summed E-state index contributed by atoms with van der Waals surface area (Å²) in [4.78, 5) is 6.95. The van der Waals surface area contributed by atoms with E-state index in [-0.39, 0.29) is 0 Å². The van der Waals surface area contributed by atoms with Crippen molar-refractivity contribution in [1.29, 1.82) is 0 Å².